The average Bonchev–Trinajstić information content (AvgIpc) is 3.12. The predicted molar refractivity (Wildman–Crippen MR) is 80.4 cm³/mol. The summed E-state index contributed by atoms with van der Waals surface area (Å²) in [5.74, 6) is -0.608. The maximum absolute atomic E-state index is 12.7. The zero-order chi connectivity index (χ0) is 16.6. The van der Waals surface area contributed by atoms with Crippen LogP contribution in [0.1, 0.15) is 36.0 Å². The maximum Gasteiger partial charge on any atom is 0.282 e. The molecule has 1 spiro atoms. The van der Waals surface area contributed by atoms with Gasteiger partial charge in [-0.05, 0) is 18.9 Å². The molecule has 3 rings (SSSR count). The molecule has 0 bridgehead atoms. The van der Waals surface area contributed by atoms with E-state index in [1.807, 2.05) is 0 Å². The fourth-order valence-corrected chi connectivity index (χ4v) is 3.29. The molecule has 8 nitrogen and oxygen atoms in total. The molecule has 1 aromatic rings. The summed E-state index contributed by atoms with van der Waals surface area (Å²) in [5, 5.41) is 21.6. The Morgan fingerprint density at radius 1 is 1.39 bits per heavy atom. The number of carbonyl (C=O) groups is 1. The van der Waals surface area contributed by atoms with Crippen molar-refractivity contribution in [2.45, 2.75) is 31.2 Å². The Hall–Kier alpha value is -2.92. The zero-order valence-corrected chi connectivity index (χ0v) is 12.3. The largest absolute Gasteiger partial charge is 0.383 e. The minimum absolute atomic E-state index is 0.0255. The molecule has 1 heterocycles. The molecule has 0 saturated heterocycles. The van der Waals surface area contributed by atoms with Crippen LogP contribution in [-0.2, 0) is 0 Å². The van der Waals surface area contributed by atoms with E-state index in [-0.39, 0.29) is 17.1 Å². The Morgan fingerprint density at radius 3 is 2.65 bits per heavy atom. The number of amides is 1. The van der Waals surface area contributed by atoms with Gasteiger partial charge < -0.3 is 5.73 Å². The topological polar surface area (TPSA) is 125 Å². The van der Waals surface area contributed by atoms with Crippen LogP contribution in [-0.4, -0.2) is 21.4 Å². The highest BCUT2D eigenvalue weighted by molar-refractivity contribution is 5.99. The first-order chi connectivity index (χ1) is 11.0. The molecule has 0 unspecified atom stereocenters. The number of rotatable bonds is 2. The van der Waals surface area contributed by atoms with Crippen LogP contribution in [0, 0.1) is 21.4 Å². The van der Waals surface area contributed by atoms with Gasteiger partial charge in [-0.25, -0.2) is 10.4 Å². The molecule has 0 aromatic heterocycles. The van der Waals surface area contributed by atoms with Crippen molar-refractivity contribution < 1.29 is 9.72 Å². The SMILES string of the molecule is N#CC1=C(N)N(C(=O)c2ccccc2[N+](=O)[O-])NC12CCCC2. The zero-order valence-electron chi connectivity index (χ0n) is 12.3. The van der Waals surface area contributed by atoms with Gasteiger partial charge in [0.25, 0.3) is 11.6 Å². The van der Waals surface area contributed by atoms with Gasteiger partial charge in [-0.3, -0.25) is 14.9 Å². The van der Waals surface area contributed by atoms with Crippen molar-refractivity contribution in [3.63, 3.8) is 0 Å². The summed E-state index contributed by atoms with van der Waals surface area (Å²) in [4.78, 5) is 23.2. The van der Waals surface area contributed by atoms with Gasteiger partial charge >= 0.3 is 0 Å². The Balaban J connectivity index is 2.01. The monoisotopic (exact) mass is 313 g/mol. The number of hydrogen-bond acceptors (Lipinski definition) is 6. The van der Waals surface area contributed by atoms with Crippen LogP contribution in [0.4, 0.5) is 5.69 Å². The van der Waals surface area contributed by atoms with E-state index in [9.17, 15) is 20.2 Å². The van der Waals surface area contributed by atoms with E-state index in [1.54, 1.807) is 6.07 Å². The van der Waals surface area contributed by atoms with Crippen LogP contribution in [0.2, 0.25) is 0 Å². The highest BCUT2D eigenvalue weighted by atomic mass is 16.6. The van der Waals surface area contributed by atoms with E-state index in [2.05, 4.69) is 11.5 Å². The Bertz CT molecular complexity index is 759. The molecule has 8 heteroatoms. The highest BCUT2D eigenvalue weighted by Crippen LogP contribution is 2.41. The van der Waals surface area contributed by atoms with Gasteiger partial charge in [0, 0.05) is 6.07 Å². The van der Waals surface area contributed by atoms with Crippen molar-refractivity contribution in [2.24, 2.45) is 5.73 Å². The minimum atomic E-state index is -0.633. The van der Waals surface area contributed by atoms with Crippen LogP contribution in [0.3, 0.4) is 0 Å². The highest BCUT2D eigenvalue weighted by Gasteiger charge is 2.48. The lowest BCUT2D eigenvalue weighted by Gasteiger charge is -2.26. The molecule has 1 amide bonds. The molecular formula is C15H15N5O3. The van der Waals surface area contributed by atoms with Crippen molar-refractivity contribution in [3.8, 4) is 6.07 Å². The smallest absolute Gasteiger partial charge is 0.282 e. The van der Waals surface area contributed by atoms with Gasteiger partial charge in [-0.15, -0.1) is 0 Å². The number of nitro groups is 1. The summed E-state index contributed by atoms with van der Waals surface area (Å²) < 4.78 is 0. The molecule has 3 N–H and O–H groups in total. The van der Waals surface area contributed by atoms with Crippen molar-refractivity contribution in [3.05, 3.63) is 51.3 Å². The van der Waals surface area contributed by atoms with Gasteiger partial charge in [0.05, 0.1) is 16.0 Å². The normalized spacial score (nSPS) is 19.2. The number of hydrazine groups is 1. The lowest BCUT2D eigenvalue weighted by atomic mass is 9.90. The lowest BCUT2D eigenvalue weighted by molar-refractivity contribution is -0.385. The fraction of sp³-hybridized carbons (Fsp3) is 0.333. The third-order valence-corrected chi connectivity index (χ3v) is 4.40. The average molecular weight is 313 g/mol. The number of para-hydroxylation sites is 1. The van der Waals surface area contributed by atoms with Crippen molar-refractivity contribution >= 4 is 11.6 Å². The van der Waals surface area contributed by atoms with Crippen LogP contribution < -0.4 is 11.2 Å². The summed E-state index contributed by atoms with van der Waals surface area (Å²) in [7, 11) is 0. The summed E-state index contributed by atoms with van der Waals surface area (Å²) in [5.41, 5.74) is 8.35. The molecule has 0 radical (unpaired) electrons. The molecule has 1 fully saturated rings. The van der Waals surface area contributed by atoms with Crippen LogP contribution in [0.5, 0.6) is 0 Å². The van der Waals surface area contributed by atoms with Crippen LogP contribution >= 0.6 is 0 Å². The first-order valence-electron chi connectivity index (χ1n) is 7.26. The molecule has 118 valence electrons. The number of benzene rings is 1. The van der Waals surface area contributed by atoms with E-state index >= 15 is 0 Å². The number of hydrogen-bond donors (Lipinski definition) is 2. The molecule has 23 heavy (non-hydrogen) atoms. The van der Waals surface area contributed by atoms with E-state index < -0.39 is 16.4 Å². The summed E-state index contributed by atoms with van der Waals surface area (Å²) in [6.07, 6.45) is 3.27. The molecule has 1 aromatic carbocycles. The second-order valence-electron chi connectivity index (χ2n) is 5.69. The predicted octanol–water partition coefficient (Wildman–Crippen LogP) is 1.56. The third kappa shape index (κ3) is 2.22. The fourth-order valence-electron chi connectivity index (χ4n) is 3.29. The van der Waals surface area contributed by atoms with Crippen LogP contribution in [0.25, 0.3) is 0 Å². The van der Waals surface area contributed by atoms with E-state index in [0.717, 1.165) is 17.9 Å². The number of nitro benzene ring substituents is 1. The lowest BCUT2D eigenvalue weighted by Crippen LogP contribution is -2.49. The Morgan fingerprint density at radius 2 is 2.04 bits per heavy atom. The molecule has 1 aliphatic heterocycles. The van der Waals surface area contributed by atoms with Gasteiger partial charge in [0.15, 0.2) is 0 Å². The minimum Gasteiger partial charge on any atom is -0.383 e. The number of nitrogens with zero attached hydrogens (tertiary/aromatic N) is 3. The standard InChI is InChI=1S/C15H15N5O3/c16-9-11-13(17)19(18-15(11)7-3-4-8-15)14(21)10-5-1-2-6-12(10)20(22)23/h1-2,5-6,18H,3-4,7-8,17H2. The number of nitrogens with one attached hydrogen (secondary N) is 1. The second-order valence-corrected chi connectivity index (χ2v) is 5.69. The van der Waals surface area contributed by atoms with E-state index in [1.165, 1.54) is 18.2 Å². The van der Waals surface area contributed by atoms with Crippen molar-refractivity contribution in [1.82, 2.24) is 10.4 Å². The van der Waals surface area contributed by atoms with Crippen molar-refractivity contribution in [1.29, 1.82) is 5.26 Å². The first kappa shape index (κ1) is 15.0. The van der Waals surface area contributed by atoms with Gasteiger partial charge in [0.2, 0.25) is 0 Å². The van der Waals surface area contributed by atoms with Gasteiger partial charge in [0.1, 0.15) is 17.5 Å². The van der Waals surface area contributed by atoms with Gasteiger partial charge in [-0.2, -0.15) is 5.26 Å². The third-order valence-electron chi connectivity index (χ3n) is 4.40. The first-order valence-corrected chi connectivity index (χ1v) is 7.26. The molecule has 2 aliphatic rings. The Labute approximate surface area is 132 Å². The molecule has 1 saturated carbocycles. The number of nitrogens with two attached hydrogens (primary N) is 1. The quantitative estimate of drug-likeness (QED) is 0.630. The van der Waals surface area contributed by atoms with E-state index in [0.29, 0.717) is 18.4 Å². The van der Waals surface area contributed by atoms with E-state index in [4.69, 9.17) is 5.73 Å². The molecule has 0 atom stereocenters. The maximum atomic E-state index is 12.7. The summed E-state index contributed by atoms with van der Waals surface area (Å²) >= 11 is 0. The summed E-state index contributed by atoms with van der Waals surface area (Å²) in [6.45, 7) is 0. The Kier molecular flexibility index (Phi) is 3.50. The molecular weight excluding hydrogens is 298 g/mol. The van der Waals surface area contributed by atoms with Crippen molar-refractivity contribution in [2.75, 3.05) is 0 Å². The molecule has 1 aliphatic carbocycles. The van der Waals surface area contributed by atoms with Gasteiger partial charge in [-0.1, -0.05) is 25.0 Å². The second kappa shape index (κ2) is 5.37. The van der Waals surface area contributed by atoms with Crippen LogP contribution in [0.15, 0.2) is 35.7 Å². The number of nitriles is 1. The number of carbonyl (C=O) groups excluding carboxylic acids is 1. The summed E-state index contributed by atoms with van der Waals surface area (Å²) in [6, 6.07) is 7.76.